The molecular formula is C37H41BrN6O3S. The monoisotopic (exact) mass is 728 g/mol. The largest absolute Gasteiger partial charge is 0.382 e. The Kier molecular flexibility index (Phi) is 11.2. The van der Waals surface area contributed by atoms with E-state index in [0.29, 0.717) is 43.2 Å². The van der Waals surface area contributed by atoms with Crippen molar-refractivity contribution in [2.45, 2.75) is 55.3 Å². The van der Waals surface area contributed by atoms with Crippen molar-refractivity contribution in [3.05, 3.63) is 101 Å². The van der Waals surface area contributed by atoms with Crippen molar-refractivity contribution < 1.29 is 14.4 Å². The number of para-hydroxylation sites is 1. The number of likely N-dealkylation sites (tertiary alicyclic amines) is 2. The Labute approximate surface area is 294 Å². The zero-order valence-corrected chi connectivity index (χ0v) is 29.5. The molecule has 0 spiro atoms. The molecule has 0 bridgehead atoms. The van der Waals surface area contributed by atoms with Crippen molar-refractivity contribution in [2.75, 3.05) is 38.0 Å². The number of hydrogen-bond donors (Lipinski definition) is 2. The number of anilines is 1. The minimum absolute atomic E-state index is 0.0259. The number of halogens is 1. The van der Waals surface area contributed by atoms with Gasteiger partial charge in [-0.15, -0.1) is 11.8 Å². The highest BCUT2D eigenvalue weighted by atomic mass is 79.9. The average molecular weight is 730 g/mol. The molecule has 0 unspecified atom stereocenters. The Morgan fingerprint density at radius 1 is 0.833 bits per heavy atom. The van der Waals surface area contributed by atoms with E-state index in [1.54, 1.807) is 10.7 Å². The lowest BCUT2D eigenvalue weighted by Gasteiger charge is -2.33. The number of nitrogens with one attached hydrogen (secondary N) is 2. The lowest BCUT2D eigenvalue weighted by Crippen LogP contribution is -2.46. The van der Waals surface area contributed by atoms with Crippen molar-refractivity contribution in [3.8, 4) is 11.3 Å². The van der Waals surface area contributed by atoms with E-state index in [1.165, 1.54) is 10.5 Å². The molecule has 11 heteroatoms. The fourth-order valence-electron chi connectivity index (χ4n) is 6.25. The molecule has 3 heterocycles. The van der Waals surface area contributed by atoms with Crippen molar-refractivity contribution in [1.29, 1.82) is 0 Å². The molecule has 0 aliphatic carbocycles. The number of hydrogen-bond acceptors (Lipinski definition) is 6. The minimum atomic E-state index is -0.437. The zero-order valence-electron chi connectivity index (χ0n) is 27.1. The fourth-order valence-corrected chi connectivity index (χ4v) is 7.96. The number of piperidine rings is 2. The molecule has 3 amide bonds. The van der Waals surface area contributed by atoms with E-state index in [4.69, 9.17) is 0 Å². The number of carbonyl (C=O) groups is 3. The molecule has 4 aromatic rings. The van der Waals surface area contributed by atoms with Crippen LogP contribution in [0, 0.1) is 6.92 Å². The maximum Gasteiger partial charge on any atom is 0.272 e. The molecule has 3 aromatic carbocycles. The predicted molar refractivity (Wildman–Crippen MR) is 194 cm³/mol. The zero-order chi connectivity index (χ0) is 33.5. The summed E-state index contributed by atoms with van der Waals surface area (Å²) in [6.07, 6.45) is 3.50. The van der Waals surface area contributed by atoms with Crippen molar-refractivity contribution >= 4 is 51.1 Å². The Balaban J connectivity index is 1.03. The summed E-state index contributed by atoms with van der Waals surface area (Å²) in [5.41, 5.74) is 4.05. The van der Waals surface area contributed by atoms with Gasteiger partial charge in [-0.25, -0.2) is 0 Å². The molecule has 0 saturated carbocycles. The van der Waals surface area contributed by atoms with Gasteiger partial charge in [-0.1, -0.05) is 60.7 Å². The summed E-state index contributed by atoms with van der Waals surface area (Å²) in [5.74, 6) is -0.577. The molecular weight excluding hydrogens is 688 g/mol. The minimum Gasteiger partial charge on any atom is -0.382 e. The fraction of sp³-hybridized carbons (Fsp3) is 0.351. The summed E-state index contributed by atoms with van der Waals surface area (Å²) in [4.78, 5) is 44.7. The van der Waals surface area contributed by atoms with E-state index in [0.717, 1.165) is 41.4 Å². The molecule has 0 radical (unpaired) electrons. The van der Waals surface area contributed by atoms with E-state index in [9.17, 15) is 14.4 Å². The van der Waals surface area contributed by atoms with Gasteiger partial charge < -0.3 is 20.4 Å². The van der Waals surface area contributed by atoms with E-state index < -0.39 is 5.91 Å². The molecule has 2 aliphatic heterocycles. The summed E-state index contributed by atoms with van der Waals surface area (Å²) in [5, 5.41) is 11.4. The number of thioether (sulfide) groups is 1. The Morgan fingerprint density at radius 3 is 2.21 bits per heavy atom. The Bertz CT molecular complexity index is 1730. The van der Waals surface area contributed by atoms with Gasteiger partial charge in [-0.2, -0.15) is 5.10 Å². The van der Waals surface area contributed by atoms with Crippen LogP contribution >= 0.6 is 27.7 Å². The molecule has 2 N–H and O–H groups in total. The summed E-state index contributed by atoms with van der Waals surface area (Å²) in [6, 6.07) is 28.1. The Hall–Kier alpha value is -4.09. The smallest absolute Gasteiger partial charge is 0.272 e. The van der Waals surface area contributed by atoms with Gasteiger partial charge in [0.25, 0.3) is 5.91 Å². The van der Waals surface area contributed by atoms with Gasteiger partial charge in [0.1, 0.15) is 6.54 Å². The summed E-state index contributed by atoms with van der Waals surface area (Å²) >= 11 is 5.49. The number of aryl methyl sites for hydroxylation is 1. The lowest BCUT2D eigenvalue weighted by molar-refractivity contribution is -0.133. The normalized spacial score (nSPS) is 15.7. The van der Waals surface area contributed by atoms with Crippen molar-refractivity contribution in [2.24, 2.45) is 0 Å². The van der Waals surface area contributed by atoms with Crippen molar-refractivity contribution in [1.82, 2.24) is 24.9 Å². The van der Waals surface area contributed by atoms with Gasteiger partial charge in [-0.3, -0.25) is 19.1 Å². The third kappa shape index (κ3) is 8.49. The van der Waals surface area contributed by atoms with Gasteiger partial charge in [0, 0.05) is 52.5 Å². The van der Waals surface area contributed by atoms with E-state index in [2.05, 4.69) is 62.9 Å². The second-order valence-corrected chi connectivity index (χ2v) is 14.6. The number of carbonyl (C=O) groups excluding carboxylic acids is 3. The van der Waals surface area contributed by atoms with Crippen LogP contribution in [0.2, 0.25) is 0 Å². The summed E-state index contributed by atoms with van der Waals surface area (Å²) in [7, 11) is 0. The van der Waals surface area contributed by atoms with Crippen molar-refractivity contribution in [3.63, 3.8) is 0 Å². The third-order valence-electron chi connectivity index (χ3n) is 9.04. The van der Waals surface area contributed by atoms with Crippen LogP contribution in [0.5, 0.6) is 0 Å². The molecule has 250 valence electrons. The van der Waals surface area contributed by atoms with E-state index in [-0.39, 0.29) is 30.6 Å². The van der Waals surface area contributed by atoms with E-state index >= 15 is 0 Å². The van der Waals surface area contributed by atoms with Crippen LogP contribution in [0.1, 0.15) is 41.7 Å². The standard InChI is InChI=1S/C37H41BrN6O3S/c1-26-9-5-7-13-31(26)40-28-15-19-42(20-16-28)35(45)24-39-37(47)32-23-33(27-10-3-2-4-11-27)44(41-32)25-36(46)43-21-17-29(18-22-43)48-34-14-8-6-12-30(34)38/h2-14,23,28-29,40H,15-22,24-25H2,1H3,(H,39,47). The highest BCUT2D eigenvalue weighted by Crippen LogP contribution is 2.35. The highest BCUT2D eigenvalue weighted by Gasteiger charge is 2.27. The molecule has 2 fully saturated rings. The first-order chi connectivity index (χ1) is 23.3. The summed E-state index contributed by atoms with van der Waals surface area (Å²) in [6.45, 7) is 4.63. The van der Waals surface area contributed by atoms with Crippen LogP contribution in [0.15, 0.2) is 94.3 Å². The second kappa shape index (κ2) is 15.9. The van der Waals surface area contributed by atoms with Crippen LogP contribution < -0.4 is 10.6 Å². The summed E-state index contributed by atoms with van der Waals surface area (Å²) < 4.78 is 2.71. The third-order valence-corrected chi connectivity index (χ3v) is 11.4. The molecule has 0 atom stereocenters. The first-order valence-corrected chi connectivity index (χ1v) is 18.2. The van der Waals surface area contributed by atoms with Gasteiger partial charge >= 0.3 is 0 Å². The first-order valence-electron chi connectivity index (χ1n) is 16.5. The number of aromatic nitrogens is 2. The molecule has 1 aromatic heterocycles. The number of nitrogens with zero attached hydrogens (tertiary/aromatic N) is 4. The van der Waals surface area contributed by atoms with Crippen LogP contribution in [-0.4, -0.2) is 81.3 Å². The number of amides is 3. The molecule has 9 nitrogen and oxygen atoms in total. The van der Waals surface area contributed by atoms with Crippen LogP contribution in [0.4, 0.5) is 5.69 Å². The maximum atomic E-state index is 13.5. The lowest BCUT2D eigenvalue weighted by atomic mass is 10.0. The number of benzene rings is 3. The predicted octanol–water partition coefficient (Wildman–Crippen LogP) is 6.24. The highest BCUT2D eigenvalue weighted by molar-refractivity contribution is 9.10. The SMILES string of the molecule is Cc1ccccc1NC1CCN(C(=O)CNC(=O)c2cc(-c3ccccc3)n(CC(=O)N3CCC(Sc4ccccc4Br)CC3)n2)CC1. The first kappa shape index (κ1) is 33.8. The molecule has 6 rings (SSSR count). The second-order valence-electron chi connectivity index (χ2n) is 12.4. The molecule has 48 heavy (non-hydrogen) atoms. The van der Waals surface area contributed by atoms with Crippen LogP contribution in [0.25, 0.3) is 11.3 Å². The average Bonchev–Trinajstić information content (AvgIpc) is 3.54. The topological polar surface area (TPSA) is 99.6 Å². The Morgan fingerprint density at radius 2 is 1.48 bits per heavy atom. The molecule has 2 saturated heterocycles. The maximum absolute atomic E-state index is 13.5. The van der Waals surface area contributed by atoms with Gasteiger partial charge in [0.05, 0.1) is 12.2 Å². The quantitative estimate of drug-likeness (QED) is 0.201. The molecule has 2 aliphatic rings. The van der Waals surface area contributed by atoms with E-state index in [1.807, 2.05) is 76.2 Å². The van der Waals surface area contributed by atoms with Crippen LogP contribution in [0.3, 0.4) is 0 Å². The van der Waals surface area contributed by atoms with Crippen LogP contribution in [-0.2, 0) is 16.1 Å². The van der Waals surface area contributed by atoms with Gasteiger partial charge in [0.15, 0.2) is 5.69 Å². The van der Waals surface area contributed by atoms with Gasteiger partial charge in [-0.05, 0) is 83.9 Å². The number of rotatable bonds is 10. The van der Waals surface area contributed by atoms with Gasteiger partial charge in [0.2, 0.25) is 11.8 Å².